The van der Waals surface area contributed by atoms with Gasteiger partial charge < -0.3 is 4.74 Å². The molecule has 2 heteroatoms. The van der Waals surface area contributed by atoms with Crippen molar-refractivity contribution < 1.29 is 4.74 Å². The van der Waals surface area contributed by atoms with E-state index >= 15 is 0 Å². The average Bonchev–Trinajstić information content (AvgIpc) is 2.16. The number of hydrogen-bond donors (Lipinski definition) is 0. The molecule has 0 unspecified atom stereocenters. The summed E-state index contributed by atoms with van der Waals surface area (Å²) in [7, 11) is 0. The number of hydrogen-bond acceptors (Lipinski definition) is 2. The third-order valence-electron chi connectivity index (χ3n) is 1.78. The summed E-state index contributed by atoms with van der Waals surface area (Å²) in [5.74, 6) is 0.805. The topological polar surface area (TPSA) is 21.6 Å². The Balaban J connectivity index is 3.14. The molecule has 0 saturated carbocycles. The van der Waals surface area contributed by atoms with Gasteiger partial charge in [0, 0.05) is 5.56 Å². The second-order valence-corrected chi connectivity index (χ2v) is 3.22. The summed E-state index contributed by atoms with van der Waals surface area (Å²) in [4.78, 5) is 3.91. The van der Waals surface area contributed by atoms with Gasteiger partial charge in [0.15, 0.2) is 0 Å². The zero-order valence-electron chi connectivity index (χ0n) is 8.66. The Bertz CT molecular complexity index is 342. The second kappa shape index (κ2) is 4.61. The first kappa shape index (κ1) is 10.5. The van der Waals surface area contributed by atoms with Crippen molar-refractivity contribution in [2.75, 3.05) is 0 Å². The van der Waals surface area contributed by atoms with Crippen LogP contribution in [0, 0.1) is 0 Å². The predicted octanol–water partition coefficient (Wildman–Crippen LogP) is 3.45. The molecule has 1 aromatic rings. The first-order valence-electron chi connectivity index (χ1n) is 4.58. The van der Waals surface area contributed by atoms with E-state index in [0.29, 0.717) is 0 Å². The summed E-state index contributed by atoms with van der Waals surface area (Å²) >= 11 is 0. The maximum Gasteiger partial charge on any atom is 0.129 e. The van der Waals surface area contributed by atoms with E-state index in [1.165, 1.54) is 0 Å². The quantitative estimate of drug-likeness (QED) is 0.665. The summed E-state index contributed by atoms with van der Waals surface area (Å²) in [5, 5.41) is 0. The second-order valence-electron chi connectivity index (χ2n) is 3.22. The van der Waals surface area contributed by atoms with Gasteiger partial charge in [0.05, 0.1) is 11.8 Å². The van der Waals surface area contributed by atoms with Crippen LogP contribution in [0.4, 0.5) is 5.69 Å². The molecule has 0 radical (unpaired) electrons. The summed E-state index contributed by atoms with van der Waals surface area (Å²) < 4.78 is 5.62. The Labute approximate surface area is 84.9 Å². The molecular formula is C12H15NO. The lowest BCUT2D eigenvalue weighted by atomic mass is 10.1. The van der Waals surface area contributed by atoms with Gasteiger partial charge in [0.25, 0.3) is 0 Å². The van der Waals surface area contributed by atoms with Gasteiger partial charge in [-0.2, -0.15) is 0 Å². The highest BCUT2D eigenvalue weighted by Crippen LogP contribution is 2.29. The van der Waals surface area contributed by atoms with Crippen molar-refractivity contribution >= 4 is 18.5 Å². The van der Waals surface area contributed by atoms with Gasteiger partial charge in [0.2, 0.25) is 0 Å². The molecule has 1 rings (SSSR count). The predicted molar refractivity (Wildman–Crippen MR) is 61.5 cm³/mol. The zero-order valence-corrected chi connectivity index (χ0v) is 8.66. The van der Waals surface area contributed by atoms with Crippen LogP contribution in [-0.4, -0.2) is 12.8 Å². The first-order valence-corrected chi connectivity index (χ1v) is 4.58. The molecule has 1 aromatic carbocycles. The van der Waals surface area contributed by atoms with Crippen molar-refractivity contribution in [1.82, 2.24) is 0 Å². The number of nitrogens with zero attached hydrogens (tertiary/aromatic N) is 1. The van der Waals surface area contributed by atoms with Crippen LogP contribution < -0.4 is 4.74 Å². The molecule has 0 fully saturated rings. The van der Waals surface area contributed by atoms with Gasteiger partial charge in [-0.1, -0.05) is 18.7 Å². The lowest BCUT2D eigenvalue weighted by molar-refractivity contribution is 0.242. The summed E-state index contributed by atoms with van der Waals surface area (Å²) in [6, 6.07) is 5.69. The SMILES string of the molecule is C=Cc1c(N=C)cccc1OC(C)C. The Kier molecular flexibility index (Phi) is 3.46. The number of rotatable bonds is 4. The highest BCUT2D eigenvalue weighted by Gasteiger charge is 2.06. The van der Waals surface area contributed by atoms with E-state index in [-0.39, 0.29) is 6.10 Å². The summed E-state index contributed by atoms with van der Waals surface area (Å²) in [6.45, 7) is 11.2. The molecule has 74 valence electrons. The largest absolute Gasteiger partial charge is 0.490 e. The van der Waals surface area contributed by atoms with Crippen LogP contribution in [0.3, 0.4) is 0 Å². The fourth-order valence-corrected chi connectivity index (χ4v) is 1.23. The highest BCUT2D eigenvalue weighted by molar-refractivity contribution is 5.70. The van der Waals surface area contributed by atoms with Crippen molar-refractivity contribution in [3.8, 4) is 5.75 Å². The number of ether oxygens (including phenoxy) is 1. The van der Waals surface area contributed by atoms with E-state index in [1.54, 1.807) is 6.08 Å². The van der Waals surface area contributed by atoms with E-state index in [1.807, 2.05) is 32.0 Å². The van der Waals surface area contributed by atoms with Crippen LogP contribution in [0.25, 0.3) is 6.08 Å². The van der Waals surface area contributed by atoms with E-state index < -0.39 is 0 Å². The Morgan fingerprint density at radius 3 is 2.64 bits per heavy atom. The van der Waals surface area contributed by atoms with Gasteiger partial charge in [0.1, 0.15) is 5.75 Å². The molecule has 0 bridgehead atoms. The molecule has 0 atom stereocenters. The molecule has 0 aliphatic carbocycles. The monoisotopic (exact) mass is 189 g/mol. The zero-order chi connectivity index (χ0) is 10.6. The van der Waals surface area contributed by atoms with Gasteiger partial charge in [-0.15, -0.1) is 0 Å². The first-order chi connectivity index (χ1) is 6.69. The minimum absolute atomic E-state index is 0.147. The number of benzene rings is 1. The van der Waals surface area contributed by atoms with Gasteiger partial charge >= 0.3 is 0 Å². The minimum Gasteiger partial charge on any atom is -0.490 e. The van der Waals surface area contributed by atoms with Gasteiger partial charge in [-0.25, -0.2) is 0 Å². The van der Waals surface area contributed by atoms with E-state index in [0.717, 1.165) is 17.0 Å². The smallest absolute Gasteiger partial charge is 0.129 e. The van der Waals surface area contributed by atoms with Crippen molar-refractivity contribution in [3.63, 3.8) is 0 Å². The van der Waals surface area contributed by atoms with Crippen molar-refractivity contribution in [2.24, 2.45) is 4.99 Å². The molecular weight excluding hydrogens is 174 g/mol. The Morgan fingerprint density at radius 1 is 1.43 bits per heavy atom. The summed E-state index contributed by atoms with van der Waals surface area (Å²) in [6.07, 6.45) is 1.88. The van der Waals surface area contributed by atoms with Crippen molar-refractivity contribution in [3.05, 3.63) is 30.3 Å². The van der Waals surface area contributed by atoms with Crippen molar-refractivity contribution in [2.45, 2.75) is 20.0 Å². The molecule has 0 aliphatic rings. The molecule has 0 aliphatic heterocycles. The van der Waals surface area contributed by atoms with E-state index in [9.17, 15) is 0 Å². The molecule has 0 spiro atoms. The maximum atomic E-state index is 5.62. The van der Waals surface area contributed by atoms with Crippen LogP contribution in [-0.2, 0) is 0 Å². The molecule has 0 amide bonds. The standard InChI is InChI=1S/C12H15NO/c1-5-10-11(13-4)7-6-8-12(10)14-9(2)3/h5-9H,1,4H2,2-3H3. The van der Waals surface area contributed by atoms with Crippen LogP contribution in [0.5, 0.6) is 5.75 Å². The third kappa shape index (κ3) is 2.22. The van der Waals surface area contributed by atoms with E-state index in [2.05, 4.69) is 18.3 Å². The molecule has 0 N–H and O–H groups in total. The fourth-order valence-electron chi connectivity index (χ4n) is 1.23. The van der Waals surface area contributed by atoms with Crippen LogP contribution in [0.1, 0.15) is 19.4 Å². The molecule has 14 heavy (non-hydrogen) atoms. The summed E-state index contributed by atoms with van der Waals surface area (Å²) in [5.41, 5.74) is 1.70. The normalized spacial score (nSPS) is 9.93. The van der Waals surface area contributed by atoms with Crippen LogP contribution in [0.2, 0.25) is 0 Å². The fraction of sp³-hybridized carbons (Fsp3) is 0.250. The molecule has 2 nitrogen and oxygen atoms in total. The van der Waals surface area contributed by atoms with Crippen LogP contribution in [0.15, 0.2) is 29.8 Å². The minimum atomic E-state index is 0.147. The van der Waals surface area contributed by atoms with Crippen molar-refractivity contribution in [1.29, 1.82) is 0 Å². The van der Waals surface area contributed by atoms with Gasteiger partial charge in [-0.05, 0) is 32.7 Å². The molecule has 0 aromatic heterocycles. The Hall–Kier alpha value is -1.57. The highest BCUT2D eigenvalue weighted by atomic mass is 16.5. The van der Waals surface area contributed by atoms with Crippen LogP contribution >= 0.6 is 0 Å². The Morgan fingerprint density at radius 2 is 2.14 bits per heavy atom. The average molecular weight is 189 g/mol. The molecule has 0 heterocycles. The van der Waals surface area contributed by atoms with E-state index in [4.69, 9.17) is 4.74 Å². The lowest BCUT2D eigenvalue weighted by Gasteiger charge is -2.13. The molecule has 0 saturated heterocycles. The van der Waals surface area contributed by atoms with Gasteiger partial charge in [-0.3, -0.25) is 4.99 Å². The maximum absolute atomic E-state index is 5.62. The lowest BCUT2D eigenvalue weighted by Crippen LogP contribution is -2.06. The number of aliphatic imine (C=N–C) groups is 1. The third-order valence-corrected chi connectivity index (χ3v) is 1.78.